The van der Waals surface area contributed by atoms with E-state index in [1.807, 2.05) is 6.07 Å². The van der Waals surface area contributed by atoms with Crippen molar-refractivity contribution < 1.29 is 0 Å². The maximum absolute atomic E-state index is 6.28. The van der Waals surface area contributed by atoms with E-state index in [4.69, 9.17) is 5.73 Å². The van der Waals surface area contributed by atoms with Gasteiger partial charge < -0.3 is 5.73 Å². The molecule has 106 valence electrons. The second-order valence-electron chi connectivity index (χ2n) is 4.85. The topological polar surface area (TPSA) is 26.0 Å². The lowest BCUT2D eigenvalue weighted by Gasteiger charge is -2.19. The van der Waals surface area contributed by atoms with Crippen LogP contribution in [0.4, 0.5) is 5.69 Å². The summed E-state index contributed by atoms with van der Waals surface area (Å²) >= 11 is 3.53. The second kappa shape index (κ2) is 6.37. The molecule has 0 amide bonds. The van der Waals surface area contributed by atoms with Gasteiger partial charge in [-0.2, -0.15) is 0 Å². The van der Waals surface area contributed by atoms with Gasteiger partial charge in [0.05, 0.1) is 0 Å². The molecule has 0 aliphatic rings. The van der Waals surface area contributed by atoms with Crippen LogP contribution in [0.25, 0.3) is 0 Å². The van der Waals surface area contributed by atoms with E-state index in [2.05, 4.69) is 66.2 Å². The zero-order valence-electron chi connectivity index (χ0n) is 11.8. The van der Waals surface area contributed by atoms with Crippen LogP contribution in [0.15, 0.2) is 70.9 Å². The average molecular weight is 311 g/mol. The van der Waals surface area contributed by atoms with Gasteiger partial charge in [0.2, 0.25) is 0 Å². The molecule has 0 fully saturated rings. The lowest BCUT2D eigenvalue weighted by atomic mass is 9.89. The Kier molecular flexibility index (Phi) is 4.32. The fourth-order valence-corrected chi connectivity index (χ4v) is 3.85. The van der Waals surface area contributed by atoms with E-state index >= 15 is 0 Å². The standard InChI is InChI=1S/C18H17NS2/c1-20-14-9-10-16(19)15(12-14)18(17-8-5-11-21-17)13-6-3-2-4-7-13/h2-12,18H,19H2,1H3. The largest absolute Gasteiger partial charge is 0.398 e. The van der Waals surface area contributed by atoms with Crippen LogP contribution in [0, 0.1) is 0 Å². The van der Waals surface area contributed by atoms with E-state index in [0.717, 1.165) is 5.69 Å². The number of rotatable bonds is 4. The smallest absolute Gasteiger partial charge is 0.0454 e. The van der Waals surface area contributed by atoms with Crippen LogP contribution in [-0.2, 0) is 0 Å². The molecule has 3 rings (SSSR count). The van der Waals surface area contributed by atoms with Crippen LogP contribution in [0.5, 0.6) is 0 Å². The number of nitrogens with two attached hydrogens (primary N) is 1. The highest BCUT2D eigenvalue weighted by atomic mass is 32.2. The average Bonchev–Trinajstić information content (AvgIpc) is 3.04. The van der Waals surface area contributed by atoms with Crippen LogP contribution in [0.3, 0.4) is 0 Å². The highest BCUT2D eigenvalue weighted by Gasteiger charge is 2.20. The predicted octanol–water partition coefficient (Wildman–Crippen LogP) is 5.23. The first-order chi connectivity index (χ1) is 10.3. The van der Waals surface area contributed by atoms with E-state index < -0.39 is 0 Å². The minimum absolute atomic E-state index is 0.207. The Balaban J connectivity index is 2.17. The molecule has 1 heterocycles. The molecule has 0 radical (unpaired) electrons. The van der Waals surface area contributed by atoms with Crippen molar-refractivity contribution in [1.82, 2.24) is 0 Å². The molecule has 0 aliphatic heterocycles. The van der Waals surface area contributed by atoms with Crippen molar-refractivity contribution in [3.05, 3.63) is 82.0 Å². The number of hydrogen-bond donors (Lipinski definition) is 1. The fraction of sp³-hybridized carbons (Fsp3) is 0.111. The highest BCUT2D eigenvalue weighted by Crippen LogP contribution is 2.38. The molecule has 1 unspecified atom stereocenters. The van der Waals surface area contributed by atoms with Crippen molar-refractivity contribution in [3.8, 4) is 0 Å². The molecule has 3 aromatic rings. The van der Waals surface area contributed by atoms with Gasteiger partial charge in [0.15, 0.2) is 0 Å². The van der Waals surface area contributed by atoms with Crippen LogP contribution in [-0.4, -0.2) is 6.26 Å². The molecule has 1 aromatic heterocycles. The normalized spacial score (nSPS) is 12.2. The number of nitrogen functional groups attached to an aromatic ring is 1. The van der Waals surface area contributed by atoms with Crippen molar-refractivity contribution in [2.45, 2.75) is 10.8 Å². The Labute approximate surface area is 133 Å². The van der Waals surface area contributed by atoms with E-state index in [1.54, 1.807) is 23.1 Å². The zero-order valence-corrected chi connectivity index (χ0v) is 13.5. The first-order valence-corrected chi connectivity index (χ1v) is 8.92. The van der Waals surface area contributed by atoms with E-state index in [1.165, 1.54) is 20.9 Å². The zero-order chi connectivity index (χ0) is 14.7. The molecule has 21 heavy (non-hydrogen) atoms. The van der Waals surface area contributed by atoms with Crippen molar-refractivity contribution in [2.24, 2.45) is 0 Å². The second-order valence-corrected chi connectivity index (χ2v) is 6.71. The lowest BCUT2D eigenvalue weighted by Crippen LogP contribution is -2.05. The molecule has 1 atom stereocenters. The summed E-state index contributed by atoms with van der Waals surface area (Å²) in [7, 11) is 0. The molecule has 0 saturated heterocycles. The number of thiophene rings is 1. The number of benzene rings is 2. The molecule has 1 nitrogen and oxygen atoms in total. The summed E-state index contributed by atoms with van der Waals surface area (Å²) in [6.45, 7) is 0. The van der Waals surface area contributed by atoms with E-state index in [9.17, 15) is 0 Å². The van der Waals surface area contributed by atoms with Gasteiger partial charge in [0.25, 0.3) is 0 Å². The number of anilines is 1. The summed E-state index contributed by atoms with van der Waals surface area (Å²) in [5, 5.41) is 2.12. The summed E-state index contributed by atoms with van der Waals surface area (Å²) in [6, 6.07) is 21.2. The summed E-state index contributed by atoms with van der Waals surface area (Å²) in [4.78, 5) is 2.57. The maximum Gasteiger partial charge on any atom is 0.0454 e. The molecule has 2 N–H and O–H groups in total. The van der Waals surface area contributed by atoms with Crippen LogP contribution in [0.2, 0.25) is 0 Å². The number of hydrogen-bond acceptors (Lipinski definition) is 3. The Morgan fingerprint density at radius 3 is 2.48 bits per heavy atom. The molecule has 0 spiro atoms. The molecular formula is C18H17NS2. The van der Waals surface area contributed by atoms with Crippen molar-refractivity contribution in [3.63, 3.8) is 0 Å². The van der Waals surface area contributed by atoms with E-state index in [0.29, 0.717) is 0 Å². The Hall–Kier alpha value is -1.71. The van der Waals surface area contributed by atoms with Crippen molar-refractivity contribution in [2.75, 3.05) is 12.0 Å². The quantitative estimate of drug-likeness (QED) is 0.527. The van der Waals surface area contributed by atoms with Gasteiger partial charge in [0.1, 0.15) is 0 Å². The summed E-state index contributed by atoms with van der Waals surface area (Å²) < 4.78 is 0. The molecular weight excluding hydrogens is 294 g/mol. The fourth-order valence-electron chi connectivity index (χ4n) is 2.53. The third-order valence-corrected chi connectivity index (χ3v) is 5.23. The molecule has 0 saturated carbocycles. The monoisotopic (exact) mass is 311 g/mol. The third-order valence-electron chi connectivity index (χ3n) is 3.57. The SMILES string of the molecule is CSc1ccc(N)c(C(c2ccccc2)c2cccs2)c1. The van der Waals surface area contributed by atoms with Gasteiger partial charge in [-0.1, -0.05) is 36.4 Å². The maximum atomic E-state index is 6.28. The first kappa shape index (κ1) is 14.2. The van der Waals surface area contributed by atoms with Crippen LogP contribution in [0.1, 0.15) is 21.9 Å². The first-order valence-electron chi connectivity index (χ1n) is 6.81. The highest BCUT2D eigenvalue weighted by molar-refractivity contribution is 7.98. The van der Waals surface area contributed by atoms with Gasteiger partial charge in [-0.15, -0.1) is 23.1 Å². The van der Waals surface area contributed by atoms with Crippen LogP contribution < -0.4 is 5.73 Å². The van der Waals surface area contributed by atoms with Gasteiger partial charge in [-0.05, 0) is 47.0 Å². The summed E-state index contributed by atoms with van der Waals surface area (Å²) in [6.07, 6.45) is 2.10. The van der Waals surface area contributed by atoms with Gasteiger partial charge in [-0.3, -0.25) is 0 Å². The summed E-state index contributed by atoms with van der Waals surface area (Å²) in [5.41, 5.74) is 9.61. The van der Waals surface area contributed by atoms with Gasteiger partial charge in [0, 0.05) is 21.4 Å². The van der Waals surface area contributed by atoms with Gasteiger partial charge in [-0.25, -0.2) is 0 Å². The molecule has 0 bridgehead atoms. The molecule has 3 heteroatoms. The minimum Gasteiger partial charge on any atom is -0.398 e. The van der Waals surface area contributed by atoms with Crippen LogP contribution >= 0.6 is 23.1 Å². The minimum atomic E-state index is 0.207. The van der Waals surface area contributed by atoms with Gasteiger partial charge >= 0.3 is 0 Å². The number of thioether (sulfide) groups is 1. The Bertz CT molecular complexity index is 705. The lowest BCUT2D eigenvalue weighted by molar-refractivity contribution is 1.00. The third kappa shape index (κ3) is 2.99. The summed E-state index contributed by atoms with van der Waals surface area (Å²) in [5.74, 6) is 0.207. The van der Waals surface area contributed by atoms with Crippen molar-refractivity contribution >= 4 is 28.8 Å². The Morgan fingerprint density at radius 1 is 1.00 bits per heavy atom. The predicted molar refractivity (Wildman–Crippen MR) is 94.3 cm³/mol. The van der Waals surface area contributed by atoms with Crippen molar-refractivity contribution in [1.29, 1.82) is 0 Å². The van der Waals surface area contributed by atoms with E-state index in [-0.39, 0.29) is 5.92 Å². The Morgan fingerprint density at radius 2 is 1.81 bits per heavy atom. The molecule has 0 aliphatic carbocycles. The molecule has 2 aromatic carbocycles.